The number of amides is 2. The number of carbonyl (C=O) groups excluding carboxylic acids is 3. The van der Waals surface area contributed by atoms with Crippen molar-refractivity contribution in [1.29, 1.82) is 0 Å². The Balaban J connectivity index is 1.69. The van der Waals surface area contributed by atoms with Crippen molar-refractivity contribution in [2.45, 2.75) is 19.8 Å². The van der Waals surface area contributed by atoms with E-state index in [2.05, 4.69) is 15.9 Å². The molecule has 0 aliphatic carbocycles. The van der Waals surface area contributed by atoms with E-state index in [-0.39, 0.29) is 24.4 Å². The van der Waals surface area contributed by atoms with E-state index < -0.39 is 5.97 Å². The van der Waals surface area contributed by atoms with Crippen molar-refractivity contribution in [1.82, 2.24) is 4.90 Å². The van der Waals surface area contributed by atoms with Crippen LogP contribution in [0, 0.1) is 0 Å². The summed E-state index contributed by atoms with van der Waals surface area (Å²) in [7, 11) is 1.48. The number of carbonyl (C=O) groups is 3. The third-order valence-corrected chi connectivity index (χ3v) is 6.25. The minimum Gasteiger partial charge on any atom is -0.493 e. The number of esters is 1. The maximum atomic E-state index is 12.8. The SMILES string of the molecule is CCOC(=O)COc1c(Br)cc(/C=C2/SC(=O)N(CCCc3ccccc3)C2=O)cc1OC. The molecule has 7 nitrogen and oxygen atoms in total. The summed E-state index contributed by atoms with van der Waals surface area (Å²) in [6, 6.07) is 13.4. The van der Waals surface area contributed by atoms with Crippen LogP contribution in [0.4, 0.5) is 4.79 Å². The molecule has 0 bridgehead atoms. The summed E-state index contributed by atoms with van der Waals surface area (Å²) in [5.41, 5.74) is 1.82. The Morgan fingerprint density at radius 1 is 1.18 bits per heavy atom. The highest BCUT2D eigenvalue weighted by Gasteiger charge is 2.34. The fourth-order valence-electron chi connectivity index (χ4n) is 3.23. The Bertz CT molecular complexity index is 1060. The first kappa shape index (κ1) is 24.9. The Kier molecular flexibility index (Phi) is 8.96. The quantitative estimate of drug-likeness (QED) is 0.311. The van der Waals surface area contributed by atoms with Gasteiger partial charge in [-0.1, -0.05) is 30.3 Å². The van der Waals surface area contributed by atoms with Crippen molar-refractivity contribution in [2.24, 2.45) is 0 Å². The number of rotatable bonds is 10. The van der Waals surface area contributed by atoms with Gasteiger partial charge in [0.05, 0.1) is 23.1 Å². The zero-order valence-corrected chi connectivity index (χ0v) is 20.7. The highest BCUT2D eigenvalue weighted by atomic mass is 79.9. The average Bonchev–Trinajstić information content (AvgIpc) is 3.06. The number of ether oxygens (including phenoxy) is 3. The van der Waals surface area contributed by atoms with E-state index in [4.69, 9.17) is 14.2 Å². The second-order valence-corrected chi connectivity index (χ2v) is 8.90. The molecule has 9 heteroatoms. The van der Waals surface area contributed by atoms with Crippen LogP contribution in [0.25, 0.3) is 6.08 Å². The van der Waals surface area contributed by atoms with Gasteiger partial charge in [0.25, 0.3) is 11.1 Å². The molecule has 3 rings (SSSR count). The standard InChI is InChI=1S/C24H24BrNO6S/c1-3-31-21(27)15-32-22-18(25)12-17(13-19(22)30-2)14-20-23(28)26(24(29)33-20)11-7-10-16-8-5-4-6-9-16/h4-6,8-9,12-14H,3,7,10-11,15H2,1-2H3/b20-14+. The maximum Gasteiger partial charge on any atom is 0.344 e. The van der Waals surface area contributed by atoms with Gasteiger partial charge >= 0.3 is 5.97 Å². The van der Waals surface area contributed by atoms with E-state index >= 15 is 0 Å². The molecule has 0 N–H and O–H groups in total. The molecule has 2 aromatic carbocycles. The van der Waals surface area contributed by atoms with Crippen molar-refractivity contribution in [3.8, 4) is 11.5 Å². The molecule has 1 saturated heterocycles. The lowest BCUT2D eigenvalue weighted by Gasteiger charge is -2.13. The van der Waals surface area contributed by atoms with Crippen LogP contribution in [0.15, 0.2) is 51.8 Å². The van der Waals surface area contributed by atoms with Gasteiger partial charge in [0.1, 0.15) is 0 Å². The molecule has 33 heavy (non-hydrogen) atoms. The van der Waals surface area contributed by atoms with Crippen molar-refractivity contribution in [2.75, 3.05) is 26.9 Å². The van der Waals surface area contributed by atoms with Crippen LogP contribution in [-0.4, -0.2) is 48.9 Å². The third-order valence-electron chi connectivity index (χ3n) is 4.75. The summed E-state index contributed by atoms with van der Waals surface area (Å²) in [4.78, 5) is 38.4. The molecule has 1 aliphatic rings. The Morgan fingerprint density at radius 2 is 1.94 bits per heavy atom. The molecule has 0 spiro atoms. The van der Waals surface area contributed by atoms with Crippen LogP contribution in [0.2, 0.25) is 0 Å². The van der Waals surface area contributed by atoms with Crippen LogP contribution in [-0.2, 0) is 20.7 Å². The first-order valence-electron chi connectivity index (χ1n) is 10.4. The first-order chi connectivity index (χ1) is 15.9. The van der Waals surface area contributed by atoms with E-state index in [0.717, 1.165) is 18.2 Å². The molecular formula is C24H24BrNO6S. The molecule has 0 aromatic heterocycles. The van der Waals surface area contributed by atoms with Crippen molar-refractivity contribution < 1.29 is 28.6 Å². The summed E-state index contributed by atoms with van der Waals surface area (Å²) >= 11 is 4.33. The van der Waals surface area contributed by atoms with Gasteiger partial charge in [-0.05, 0) is 76.8 Å². The minimum atomic E-state index is -0.489. The van der Waals surface area contributed by atoms with Crippen molar-refractivity contribution in [3.05, 3.63) is 63.0 Å². The van der Waals surface area contributed by atoms with Gasteiger partial charge in [-0.25, -0.2) is 4.79 Å². The topological polar surface area (TPSA) is 82.1 Å². The van der Waals surface area contributed by atoms with Gasteiger partial charge in [-0.3, -0.25) is 14.5 Å². The molecule has 1 fully saturated rings. The molecule has 1 aliphatic heterocycles. The van der Waals surface area contributed by atoms with Gasteiger partial charge in [0, 0.05) is 6.54 Å². The number of aryl methyl sites for hydroxylation is 1. The van der Waals surface area contributed by atoms with Gasteiger partial charge in [-0.15, -0.1) is 0 Å². The summed E-state index contributed by atoms with van der Waals surface area (Å²) in [5.74, 6) is -0.0778. The molecule has 0 saturated carbocycles. The van der Waals surface area contributed by atoms with Crippen LogP contribution in [0.5, 0.6) is 11.5 Å². The number of benzene rings is 2. The maximum absolute atomic E-state index is 12.8. The monoisotopic (exact) mass is 533 g/mol. The van der Waals surface area contributed by atoms with E-state index in [1.54, 1.807) is 25.1 Å². The lowest BCUT2D eigenvalue weighted by Crippen LogP contribution is -2.29. The van der Waals surface area contributed by atoms with E-state index in [1.807, 2.05) is 30.3 Å². The summed E-state index contributed by atoms with van der Waals surface area (Å²) in [5, 5.41) is -0.278. The van der Waals surface area contributed by atoms with Crippen molar-refractivity contribution in [3.63, 3.8) is 0 Å². The number of hydrogen-bond acceptors (Lipinski definition) is 7. The summed E-state index contributed by atoms with van der Waals surface area (Å²) in [6.07, 6.45) is 3.13. The molecule has 174 valence electrons. The first-order valence-corrected chi connectivity index (χ1v) is 12.0. The number of nitrogens with zero attached hydrogens (tertiary/aromatic N) is 1. The Labute approximate surface area is 205 Å². The number of thioether (sulfide) groups is 1. The van der Waals surface area contributed by atoms with Gasteiger partial charge in [-0.2, -0.15) is 0 Å². The molecule has 2 aromatic rings. The summed E-state index contributed by atoms with van der Waals surface area (Å²) in [6.45, 7) is 2.09. The number of halogens is 1. The van der Waals surface area contributed by atoms with Crippen LogP contribution in [0.3, 0.4) is 0 Å². The van der Waals surface area contributed by atoms with Crippen LogP contribution in [0.1, 0.15) is 24.5 Å². The van der Waals surface area contributed by atoms with E-state index in [1.165, 1.54) is 17.6 Å². The predicted octanol–water partition coefficient (Wildman–Crippen LogP) is 5.07. The zero-order valence-electron chi connectivity index (χ0n) is 18.3. The smallest absolute Gasteiger partial charge is 0.344 e. The lowest BCUT2D eigenvalue weighted by atomic mass is 10.1. The third kappa shape index (κ3) is 6.61. The van der Waals surface area contributed by atoms with Gasteiger partial charge in [0.2, 0.25) is 0 Å². The van der Waals surface area contributed by atoms with Gasteiger partial charge < -0.3 is 14.2 Å². The van der Waals surface area contributed by atoms with Gasteiger partial charge in [0.15, 0.2) is 18.1 Å². The number of imide groups is 1. The molecule has 0 radical (unpaired) electrons. The summed E-state index contributed by atoms with van der Waals surface area (Å²) < 4.78 is 16.3. The zero-order chi connectivity index (χ0) is 23.8. The highest BCUT2D eigenvalue weighted by Crippen LogP contribution is 2.39. The van der Waals surface area contributed by atoms with E-state index in [9.17, 15) is 14.4 Å². The normalized spacial score (nSPS) is 14.6. The molecule has 2 amide bonds. The predicted molar refractivity (Wildman–Crippen MR) is 130 cm³/mol. The lowest BCUT2D eigenvalue weighted by molar-refractivity contribution is -0.145. The fraction of sp³-hybridized carbons (Fsp3) is 0.292. The Hall–Kier alpha value is -2.78. The molecular weight excluding hydrogens is 510 g/mol. The minimum absolute atomic E-state index is 0.260. The molecule has 0 unspecified atom stereocenters. The molecule has 0 atom stereocenters. The van der Waals surface area contributed by atoms with Crippen LogP contribution < -0.4 is 9.47 Å². The fourth-order valence-corrected chi connectivity index (χ4v) is 4.67. The number of methoxy groups -OCH3 is 1. The highest BCUT2D eigenvalue weighted by molar-refractivity contribution is 9.10. The second-order valence-electron chi connectivity index (χ2n) is 7.05. The number of hydrogen-bond donors (Lipinski definition) is 0. The second kappa shape index (κ2) is 11.9. The largest absolute Gasteiger partial charge is 0.493 e. The van der Waals surface area contributed by atoms with Crippen molar-refractivity contribution >= 4 is 50.9 Å². The van der Waals surface area contributed by atoms with Crippen LogP contribution >= 0.6 is 27.7 Å². The van der Waals surface area contributed by atoms with E-state index in [0.29, 0.717) is 39.4 Å². The Morgan fingerprint density at radius 3 is 2.64 bits per heavy atom. The molecule has 1 heterocycles. The average molecular weight is 534 g/mol.